The molecule has 0 aliphatic heterocycles. The van der Waals surface area contributed by atoms with Crippen LogP contribution in [-0.4, -0.2) is 15.0 Å². The van der Waals surface area contributed by atoms with Crippen LogP contribution in [0.15, 0.2) is 20.9 Å². The molecule has 2 aromatic heterocycles. The highest BCUT2D eigenvalue weighted by atomic mass is 35.5. The molecule has 0 aliphatic carbocycles. The van der Waals surface area contributed by atoms with Crippen LogP contribution in [0.25, 0.3) is 0 Å². The number of halogens is 1. The first-order valence-electron chi connectivity index (χ1n) is 4.67. The molecular weight excluding hydrogens is 246 g/mol. The normalized spacial score (nSPS) is 10.8. The van der Waals surface area contributed by atoms with Gasteiger partial charge in [-0.3, -0.25) is 0 Å². The molecule has 0 N–H and O–H groups in total. The topological polar surface area (TPSA) is 51.8 Å². The Morgan fingerprint density at radius 2 is 1.94 bits per heavy atom. The van der Waals surface area contributed by atoms with Crippen molar-refractivity contribution in [2.75, 3.05) is 0 Å². The van der Waals surface area contributed by atoms with Gasteiger partial charge in [-0.05, 0) is 32.5 Å². The Morgan fingerprint density at radius 1 is 1.19 bits per heavy atom. The summed E-state index contributed by atoms with van der Waals surface area (Å²) in [6.45, 7) is 5.55. The molecule has 16 heavy (non-hydrogen) atoms. The fourth-order valence-corrected chi connectivity index (χ4v) is 2.28. The number of oxazole rings is 1. The van der Waals surface area contributed by atoms with E-state index >= 15 is 0 Å². The number of hydrogen-bond donors (Lipinski definition) is 0. The van der Waals surface area contributed by atoms with Crippen LogP contribution in [0.2, 0.25) is 5.15 Å². The van der Waals surface area contributed by atoms with Crippen molar-refractivity contribution in [1.82, 2.24) is 15.0 Å². The largest absolute Gasteiger partial charge is 0.439 e. The maximum Gasteiger partial charge on any atom is 0.262 e. The van der Waals surface area contributed by atoms with Crippen molar-refractivity contribution in [3.63, 3.8) is 0 Å². The second-order valence-corrected chi connectivity index (χ2v) is 4.65. The van der Waals surface area contributed by atoms with Gasteiger partial charge in [0, 0.05) is 5.56 Å². The van der Waals surface area contributed by atoms with Crippen LogP contribution in [0.3, 0.4) is 0 Å². The molecule has 6 heteroatoms. The summed E-state index contributed by atoms with van der Waals surface area (Å²) in [6, 6.07) is 0. The van der Waals surface area contributed by atoms with Crippen molar-refractivity contribution in [3.05, 3.63) is 28.5 Å². The maximum atomic E-state index is 5.98. The van der Waals surface area contributed by atoms with Gasteiger partial charge in [0.15, 0.2) is 0 Å². The molecule has 2 heterocycles. The lowest BCUT2D eigenvalue weighted by atomic mass is 10.4. The van der Waals surface area contributed by atoms with Gasteiger partial charge in [0.25, 0.3) is 5.22 Å². The summed E-state index contributed by atoms with van der Waals surface area (Å²) in [5, 5.41) is 1.81. The molecule has 0 fully saturated rings. The van der Waals surface area contributed by atoms with Gasteiger partial charge in [0.05, 0.1) is 5.69 Å². The number of hydrogen-bond acceptors (Lipinski definition) is 5. The summed E-state index contributed by atoms with van der Waals surface area (Å²) >= 11 is 7.33. The van der Waals surface area contributed by atoms with Crippen molar-refractivity contribution >= 4 is 23.4 Å². The number of aromatic nitrogens is 3. The minimum absolute atomic E-state index is 0.471. The predicted octanol–water partition coefficient (Wildman–Crippen LogP) is 3.19. The van der Waals surface area contributed by atoms with Gasteiger partial charge in [-0.25, -0.2) is 15.0 Å². The molecule has 0 aliphatic rings. The third kappa shape index (κ3) is 2.36. The van der Waals surface area contributed by atoms with Crippen molar-refractivity contribution in [3.8, 4) is 0 Å². The first kappa shape index (κ1) is 11.4. The Morgan fingerprint density at radius 3 is 2.56 bits per heavy atom. The second kappa shape index (κ2) is 4.43. The van der Waals surface area contributed by atoms with Gasteiger partial charge in [-0.15, -0.1) is 0 Å². The summed E-state index contributed by atoms with van der Waals surface area (Å²) in [4.78, 5) is 12.6. The van der Waals surface area contributed by atoms with Crippen molar-refractivity contribution < 1.29 is 4.42 Å². The zero-order chi connectivity index (χ0) is 11.7. The summed E-state index contributed by atoms with van der Waals surface area (Å²) in [5.41, 5.74) is 1.69. The third-order valence-electron chi connectivity index (χ3n) is 1.94. The molecule has 0 aromatic carbocycles. The van der Waals surface area contributed by atoms with Gasteiger partial charge in [0.1, 0.15) is 22.3 Å². The van der Waals surface area contributed by atoms with E-state index in [9.17, 15) is 0 Å². The lowest BCUT2D eigenvalue weighted by Gasteiger charge is -2.04. The summed E-state index contributed by atoms with van der Waals surface area (Å²) in [6.07, 6.45) is 1.60. The van der Waals surface area contributed by atoms with Crippen LogP contribution < -0.4 is 0 Å². The first-order valence-corrected chi connectivity index (χ1v) is 5.86. The lowest BCUT2D eigenvalue weighted by molar-refractivity contribution is 0.453. The number of rotatable bonds is 2. The fourth-order valence-electron chi connectivity index (χ4n) is 1.13. The molecule has 0 atom stereocenters. The van der Waals surface area contributed by atoms with E-state index in [0.717, 1.165) is 16.3 Å². The van der Waals surface area contributed by atoms with E-state index in [2.05, 4.69) is 15.0 Å². The van der Waals surface area contributed by atoms with Gasteiger partial charge in [-0.1, -0.05) is 11.6 Å². The summed E-state index contributed by atoms with van der Waals surface area (Å²) in [7, 11) is 0. The van der Waals surface area contributed by atoms with E-state index in [1.165, 1.54) is 11.8 Å². The Hall–Kier alpha value is -1.07. The Kier molecular flexibility index (Phi) is 3.16. The highest BCUT2D eigenvalue weighted by Crippen LogP contribution is 2.30. The van der Waals surface area contributed by atoms with E-state index in [1.54, 1.807) is 13.2 Å². The van der Waals surface area contributed by atoms with E-state index < -0.39 is 0 Å². The molecule has 2 aromatic rings. The fraction of sp³-hybridized carbons (Fsp3) is 0.300. The Balaban J connectivity index is 2.34. The van der Waals surface area contributed by atoms with Gasteiger partial charge in [0.2, 0.25) is 0 Å². The van der Waals surface area contributed by atoms with Crippen molar-refractivity contribution in [2.24, 2.45) is 0 Å². The zero-order valence-corrected chi connectivity index (χ0v) is 10.7. The molecular formula is C10H10ClN3OS. The van der Waals surface area contributed by atoms with Crippen LogP contribution in [0.1, 0.15) is 17.1 Å². The Labute approximate surface area is 102 Å². The van der Waals surface area contributed by atoms with Crippen LogP contribution in [-0.2, 0) is 0 Å². The minimum atomic E-state index is 0.471. The van der Waals surface area contributed by atoms with Crippen molar-refractivity contribution in [1.29, 1.82) is 0 Å². The first-order chi connectivity index (χ1) is 7.56. The average molecular weight is 256 g/mol. The van der Waals surface area contributed by atoms with Gasteiger partial charge >= 0.3 is 0 Å². The van der Waals surface area contributed by atoms with Crippen molar-refractivity contribution in [2.45, 2.75) is 31.0 Å². The molecule has 0 spiro atoms. The van der Waals surface area contributed by atoms with E-state index in [-0.39, 0.29) is 0 Å². The highest BCUT2D eigenvalue weighted by molar-refractivity contribution is 7.99. The smallest absolute Gasteiger partial charge is 0.262 e. The maximum absolute atomic E-state index is 5.98. The minimum Gasteiger partial charge on any atom is -0.439 e. The quantitative estimate of drug-likeness (QED) is 0.772. The molecule has 0 saturated carbocycles. The number of nitrogens with zero attached hydrogens (tertiary/aromatic N) is 3. The van der Waals surface area contributed by atoms with Crippen LogP contribution in [0, 0.1) is 20.8 Å². The molecule has 0 unspecified atom stereocenters. The molecule has 0 amide bonds. The number of aryl methyl sites for hydroxylation is 2. The summed E-state index contributed by atoms with van der Waals surface area (Å²) in [5.74, 6) is 0.640. The Bertz CT molecular complexity index is 527. The van der Waals surface area contributed by atoms with Crippen LogP contribution >= 0.6 is 23.4 Å². The van der Waals surface area contributed by atoms with Gasteiger partial charge in [-0.2, -0.15) is 0 Å². The van der Waals surface area contributed by atoms with Crippen LogP contribution in [0.4, 0.5) is 0 Å². The SMILES string of the molecule is Cc1coc(Sc2nc(C)nc(Cl)c2C)n1. The average Bonchev–Trinajstić information content (AvgIpc) is 2.60. The predicted molar refractivity (Wildman–Crippen MR) is 61.9 cm³/mol. The molecule has 4 nitrogen and oxygen atoms in total. The molecule has 0 bridgehead atoms. The highest BCUT2D eigenvalue weighted by Gasteiger charge is 2.11. The zero-order valence-electron chi connectivity index (χ0n) is 9.11. The van der Waals surface area contributed by atoms with E-state index in [1.807, 2.05) is 13.8 Å². The second-order valence-electron chi connectivity index (χ2n) is 3.35. The standard InChI is InChI=1S/C10H10ClN3OS/c1-5-4-15-10(12-5)16-9-6(2)8(11)13-7(3)14-9/h4H,1-3H3. The van der Waals surface area contributed by atoms with E-state index in [0.29, 0.717) is 16.2 Å². The third-order valence-corrected chi connectivity index (χ3v) is 3.26. The lowest BCUT2D eigenvalue weighted by Crippen LogP contribution is -1.95. The van der Waals surface area contributed by atoms with Crippen LogP contribution in [0.5, 0.6) is 0 Å². The van der Waals surface area contributed by atoms with E-state index in [4.69, 9.17) is 16.0 Å². The molecule has 0 radical (unpaired) electrons. The molecule has 2 rings (SSSR count). The molecule has 84 valence electrons. The summed E-state index contributed by atoms with van der Waals surface area (Å²) < 4.78 is 5.25. The molecule has 0 saturated heterocycles. The van der Waals surface area contributed by atoms with Gasteiger partial charge < -0.3 is 4.42 Å². The monoisotopic (exact) mass is 255 g/mol.